The lowest BCUT2D eigenvalue weighted by molar-refractivity contribution is 0.430. The summed E-state index contributed by atoms with van der Waals surface area (Å²) in [6, 6.07) is 9.29. The van der Waals surface area contributed by atoms with Gasteiger partial charge in [-0.25, -0.2) is 8.78 Å². The quantitative estimate of drug-likeness (QED) is 0.867. The van der Waals surface area contributed by atoms with Crippen molar-refractivity contribution in [3.8, 4) is 11.5 Å². The van der Waals surface area contributed by atoms with E-state index in [4.69, 9.17) is 16.3 Å². The van der Waals surface area contributed by atoms with Crippen molar-refractivity contribution in [3.63, 3.8) is 0 Å². The number of halogens is 3. The Kier molecular flexibility index (Phi) is 4.08. The maximum absolute atomic E-state index is 14.0. The monoisotopic (exact) mass is 309 g/mol. The molecule has 1 saturated carbocycles. The number of benzene rings is 2. The van der Waals surface area contributed by atoms with Gasteiger partial charge in [0.05, 0.1) is 5.02 Å². The molecule has 0 aromatic heterocycles. The Morgan fingerprint density at radius 2 is 1.95 bits per heavy atom. The first-order chi connectivity index (χ1) is 10.1. The average Bonchev–Trinajstić information content (AvgIpc) is 3.28. The van der Waals surface area contributed by atoms with Crippen LogP contribution >= 0.6 is 11.6 Å². The van der Waals surface area contributed by atoms with Gasteiger partial charge in [0.2, 0.25) is 0 Å². The minimum atomic E-state index is -0.594. The van der Waals surface area contributed by atoms with Crippen molar-refractivity contribution in [1.29, 1.82) is 0 Å². The first-order valence-electron chi connectivity index (χ1n) is 6.77. The van der Waals surface area contributed by atoms with Gasteiger partial charge in [-0.1, -0.05) is 23.7 Å². The van der Waals surface area contributed by atoms with Crippen LogP contribution in [0.5, 0.6) is 11.5 Å². The van der Waals surface area contributed by atoms with Crippen LogP contribution in [0.25, 0.3) is 0 Å². The lowest BCUT2D eigenvalue weighted by Crippen LogP contribution is -2.16. The van der Waals surface area contributed by atoms with E-state index in [0.717, 1.165) is 18.9 Å². The zero-order chi connectivity index (χ0) is 14.8. The van der Waals surface area contributed by atoms with Crippen LogP contribution in [0.3, 0.4) is 0 Å². The molecule has 0 aliphatic heterocycles. The maximum Gasteiger partial charge on any atom is 0.167 e. The number of rotatable bonds is 5. The largest absolute Gasteiger partial charge is 0.454 e. The molecule has 0 amide bonds. The number of nitrogens with one attached hydrogen (secondary N) is 1. The summed E-state index contributed by atoms with van der Waals surface area (Å²) in [4.78, 5) is 0. The fraction of sp³-hybridized carbons (Fsp3) is 0.250. The summed E-state index contributed by atoms with van der Waals surface area (Å²) >= 11 is 5.62. The van der Waals surface area contributed by atoms with Gasteiger partial charge in [0.1, 0.15) is 11.6 Å². The fourth-order valence-corrected chi connectivity index (χ4v) is 2.12. The molecule has 1 aliphatic carbocycles. The van der Waals surface area contributed by atoms with Crippen molar-refractivity contribution in [3.05, 3.63) is 58.6 Å². The highest BCUT2D eigenvalue weighted by Gasteiger charge is 2.21. The van der Waals surface area contributed by atoms with Crippen LogP contribution in [-0.2, 0) is 6.54 Å². The minimum absolute atomic E-state index is 0.00603. The second-order valence-electron chi connectivity index (χ2n) is 5.06. The minimum Gasteiger partial charge on any atom is -0.454 e. The van der Waals surface area contributed by atoms with Gasteiger partial charge in [0, 0.05) is 24.2 Å². The number of ether oxygens (including phenoxy) is 1. The van der Waals surface area contributed by atoms with Crippen molar-refractivity contribution in [2.24, 2.45) is 0 Å². The third-order valence-corrected chi connectivity index (χ3v) is 3.62. The molecule has 0 radical (unpaired) electrons. The lowest BCUT2D eigenvalue weighted by Gasteiger charge is -2.13. The summed E-state index contributed by atoms with van der Waals surface area (Å²) in [5.41, 5.74) is 0.706. The molecule has 2 aromatic carbocycles. The second kappa shape index (κ2) is 6.00. The zero-order valence-corrected chi connectivity index (χ0v) is 12.0. The summed E-state index contributed by atoms with van der Waals surface area (Å²) in [7, 11) is 0. The summed E-state index contributed by atoms with van der Waals surface area (Å²) in [6.45, 7) is 0.522. The molecule has 3 rings (SSSR count). The second-order valence-corrected chi connectivity index (χ2v) is 5.47. The van der Waals surface area contributed by atoms with Crippen molar-refractivity contribution in [2.45, 2.75) is 25.4 Å². The van der Waals surface area contributed by atoms with Gasteiger partial charge < -0.3 is 10.1 Å². The van der Waals surface area contributed by atoms with Crippen molar-refractivity contribution in [1.82, 2.24) is 5.32 Å². The third kappa shape index (κ3) is 3.52. The normalized spacial score (nSPS) is 14.2. The molecule has 1 aliphatic rings. The molecule has 1 N–H and O–H groups in total. The van der Waals surface area contributed by atoms with Crippen LogP contribution in [-0.4, -0.2) is 6.04 Å². The predicted molar refractivity (Wildman–Crippen MR) is 77.7 cm³/mol. The zero-order valence-electron chi connectivity index (χ0n) is 11.2. The van der Waals surface area contributed by atoms with E-state index in [0.29, 0.717) is 18.2 Å². The van der Waals surface area contributed by atoms with Crippen LogP contribution in [0.1, 0.15) is 18.4 Å². The van der Waals surface area contributed by atoms with E-state index in [9.17, 15) is 8.78 Å². The molecule has 5 heteroatoms. The Morgan fingerprint density at radius 1 is 1.14 bits per heavy atom. The van der Waals surface area contributed by atoms with Crippen LogP contribution in [0.4, 0.5) is 8.78 Å². The predicted octanol–water partition coefficient (Wildman–Crippen LogP) is 4.66. The van der Waals surface area contributed by atoms with Crippen LogP contribution in [0, 0.1) is 11.6 Å². The van der Waals surface area contributed by atoms with Crippen molar-refractivity contribution < 1.29 is 13.5 Å². The van der Waals surface area contributed by atoms with Gasteiger partial charge in [-0.2, -0.15) is 0 Å². The van der Waals surface area contributed by atoms with E-state index in [1.165, 1.54) is 18.2 Å². The van der Waals surface area contributed by atoms with Crippen molar-refractivity contribution in [2.75, 3.05) is 0 Å². The average molecular weight is 310 g/mol. The SMILES string of the molecule is Fc1cc(Oc2c(F)cccc2CNC2CC2)ccc1Cl. The van der Waals surface area contributed by atoms with E-state index < -0.39 is 11.6 Å². The highest BCUT2D eigenvalue weighted by Crippen LogP contribution is 2.31. The Bertz CT molecular complexity index is 659. The van der Waals surface area contributed by atoms with Gasteiger partial charge in [-0.05, 0) is 31.0 Å². The molecule has 0 saturated heterocycles. The molecule has 0 spiro atoms. The highest BCUT2D eigenvalue weighted by atomic mass is 35.5. The smallest absolute Gasteiger partial charge is 0.167 e. The standard InChI is InChI=1S/C16H14ClF2NO/c17-13-7-6-12(8-15(13)19)21-16-10(2-1-3-14(16)18)9-20-11-4-5-11/h1-3,6-8,11,20H,4-5,9H2. The summed E-state index contributed by atoms with van der Waals surface area (Å²) in [6.07, 6.45) is 2.29. The molecule has 110 valence electrons. The number of hydrogen-bond acceptors (Lipinski definition) is 2. The molecular formula is C16H14ClF2NO. The molecular weight excluding hydrogens is 296 g/mol. The fourth-order valence-electron chi connectivity index (χ4n) is 2.01. The molecule has 0 atom stereocenters. The van der Waals surface area contributed by atoms with Gasteiger partial charge in [-0.15, -0.1) is 0 Å². The third-order valence-electron chi connectivity index (χ3n) is 3.32. The number of para-hydroxylation sites is 1. The van der Waals surface area contributed by atoms with E-state index >= 15 is 0 Å². The summed E-state index contributed by atoms with van der Waals surface area (Å²) in [5.74, 6) is -0.731. The molecule has 1 fully saturated rings. The Hall–Kier alpha value is -1.65. The molecule has 0 heterocycles. The van der Waals surface area contributed by atoms with Gasteiger partial charge in [0.25, 0.3) is 0 Å². The molecule has 0 unspecified atom stereocenters. The van der Waals surface area contributed by atoms with E-state index in [-0.39, 0.29) is 16.5 Å². The molecule has 2 aromatic rings. The summed E-state index contributed by atoms with van der Waals surface area (Å²) < 4.78 is 32.9. The van der Waals surface area contributed by atoms with Crippen LogP contribution in [0.15, 0.2) is 36.4 Å². The highest BCUT2D eigenvalue weighted by molar-refractivity contribution is 6.30. The van der Waals surface area contributed by atoms with E-state index in [1.807, 2.05) is 0 Å². The van der Waals surface area contributed by atoms with E-state index in [2.05, 4.69) is 5.32 Å². The first kappa shape index (κ1) is 14.3. The van der Waals surface area contributed by atoms with Gasteiger partial charge in [-0.3, -0.25) is 0 Å². The lowest BCUT2D eigenvalue weighted by atomic mass is 10.2. The maximum atomic E-state index is 14.0. The molecule has 2 nitrogen and oxygen atoms in total. The Balaban J connectivity index is 1.83. The first-order valence-corrected chi connectivity index (χ1v) is 7.15. The number of hydrogen-bond donors (Lipinski definition) is 1. The van der Waals surface area contributed by atoms with Crippen LogP contribution in [0.2, 0.25) is 5.02 Å². The van der Waals surface area contributed by atoms with Gasteiger partial charge in [0.15, 0.2) is 11.6 Å². The Morgan fingerprint density at radius 3 is 2.67 bits per heavy atom. The molecule has 0 bridgehead atoms. The molecule has 21 heavy (non-hydrogen) atoms. The van der Waals surface area contributed by atoms with Crippen molar-refractivity contribution >= 4 is 11.6 Å². The topological polar surface area (TPSA) is 21.3 Å². The summed E-state index contributed by atoms with van der Waals surface area (Å²) in [5, 5.41) is 3.31. The van der Waals surface area contributed by atoms with E-state index in [1.54, 1.807) is 12.1 Å². The van der Waals surface area contributed by atoms with Crippen LogP contribution < -0.4 is 10.1 Å². The Labute approximate surface area is 126 Å². The van der Waals surface area contributed by atoms with Gasteiger partial charge >= 0.3 is 0 Å².